The predicted octanol–water partition coefficient (Wildman–Crippen LogP) is 1.64. The van der Waals surface area contributed by atoms with Gasteiger partial charge in [-0.1, -0.05) is 20.8 Å². The van der Waals surface area contributed by atoms with Crippen molar-refractivity contribution >= 4 is 22.4 Å². The fraction of sp³-hybridized carbons (Fsp3) is 0.667. The van der Waals surface area contributed by atoms with Crippen LogP contribution in [0.15, 0.2) is 5.38 Å². The topological polar surface area (TPSA) is 77.2 Å². The van der Waals surface area contributed by atoms with E-state index in [0.29, 0.717) is 5.13 Å². The highest BCUT2D eigenvalue weighted by atomic mass is 32.1. The van der Waals surface area contributed by atoms with E-state index in [1.165, 1.54) is 18.4 Å². The van der Waals surface area contributed by atoms with Crippen LogP contribution < -0.4 is 11.1 Å². The second-order valence-corrected chi connectivity index (χ2v) is 6.29. The molecular weight excluding hydrogens is 250 g/mol. The van der Waals surface area contributed by atoms with E-state index in [1.54, 1.807) is 0 Å². The van der Waals surface area contributed by atoms with Gasteiger partial charge in [-0.15, -0.1) is 11.3 Å². The Morgan fingerprint density at radius 2 is 2.28 bits per heavy atom. The molecule has 0 aliphatic heterocycles. The van der Waals surface area contributed by atoms with E-state index in [-0.39, 0.29) is 17.9 Å². The molecule has 0 aliphatic carbocycles. The van der Waals surface area contributed by atoms with Crippen molar-refractivity contribution in [3.8, 4) is 0 Å². The summed E-state index contributed by atoms with van der Waals surface area (Å²) < 4.78 is 4.83. The van der Waals surface area contributed by atoms with E-state index in [0.717, 1.165) is 12.1 Å². The lowest BCUT2D eigenvalue weighted by atomic mass is 9.91. The number of anilines is 1. The molecule has 1 heterocycles. The van der Waals surface area contributed by atoms with Crippen molar-refractivity contribution in [2.24, 2.45) is 11.1 Å². The predicted molar refractivity (Wildman–Crippen MR) is 73.8 cm³/mol. The van der Waals surface area contributed by atoms with Crippen LogP contribution >= 0.6 is 11.3 Å². The SMILES string of the molecule is COCC(N)C(=O)Nc1nc(CC(C)(C)C)cs1. The van der Waals surface area contributed by atoms with Crippen LogP contribution in [0.3, 0.4) is 0 Å². The first-order chi connectivity index (χ1) is 8.31. The summed E-state index contributed by atoms with van der Waals surface area (Å²) in [5.41, 5.74) is 6.80. The molecule has 0 fully saturated rings. The minimum absolute atomic E-state index is 0.182. The number of aromatic nitrogens is 1. The number of nitrogens with one attached hydrogen (secondary N) is 1. The van der Waals surface area contributed by atoms with Gasteiger partial charge in [0.15, 0.2) is 5.13 Å². The van der Waals surface area contributed by atoms with Crippen molar-refractivity contribution in [1.82, 2.24) is 4.98 Å². The summed E-state index contributed by atoms with van der Waals surface area (Å²) in [6.45, 7) is 6.66. The summed E-state index contributed by atoms with van der Waals surface area (Å²) in [7, 11) is 1.51. The van der Waals surface area contributed by atoms with Gasteiger partial charge in [-0.05, 0) is 11.8 Å². The standard InChI is InChI=1S/C12H21N3O2S/c1-12(2,3)5-8-7-18-11(14-8)15-10(16)9(13)6-17-4/h7,9H,5-6,13H2,1-4H3,(H,14,15,16). The Labute approximate surface area is 112 Å². The molecule has 102 valence electrons. The third-order valence-electron chi connectivity index (χ3n) is 2.18. The normalized spacial score (nSPS) is 13.4. The van der Waals surface area contributed by atoms with E-state index in [9.17, 15) is 4.79 Å². The number of ether oxygens (including phenoxy) is 1. The Morgan fingerprint density at radius 3 is 2.83 bits per heavy atom. The molecule has 1 unspecified atom stereocenters. The van der Waals surface area contributed by atoms with Gasteiger partial charge in [0.2, 0.25) is 5.91 Å². The van der Waals surface area contributed by atoms with Crippen LogP contribution in [0.25, 0.3) is 0 Å². The second kappa shape index (κ2) is 6.26. The molecule has 0 aliphatic rings. The number of rotatable bonds is 5. The van der Waals surface area contributed by atoms with Gasteiger partial charge in [0, 0.05) is 12.5 Å². The highest BCUT2D eigenvalue weighted by Crippen LogP contribution is 2.23. The van der Waals surface area contributed by atoms with Gasteiger partial charge in [-0.2, -0.15) is 0 Å². The van der Waals surface area contributed by atoms with Gasteiger partial charge in [0.05, 0.1) is 12.3 Å². The number of nitrogens with zero attached hydrogens (tertiary/aromatic N) is 1. The van der Waals surface area contributed by atoms with Crippen LogP contribution in [0.5, 0.6) is 0 Å². The second-order valence-electron chi connectivity index (χ2n) is 5.43. The molecule has 1 amide bonds. The molecule has 3 N–H and O–H groups in total. The van der Waals surface area contributed by atoms with Gasteiger partial charge < -0.3 is 15.8 Å². The fourth-order valence-electron chi connectivity index (χ4n) is 1.44. The summed E-state index contributed by atoms with van der Waals surface area (Å²) >= 11 is 1.41. The first-order valence-electron chi connectivity index (χ1n) is 5.81. The van der Waals surface area contributed by atoms with Crippen LogP contribution in [0.4, 0.5) is 5.13 Å². The van der Waals surface area contributed by atoms with E-state index < -0.39 is 6.04 Å². The Balaban J connectivity index is 2.56. The number of hydrogen-bond donors (Lipinski definition) is 2. The lowest BCUT2D eigenvalue weighted by Gasteiger charge is -2.15. The third-order valence-corrected chi connectivity index (χ3v) is 2.98. The molecule has 0 saturated carbocycles. The Kier molecular flexibility index (Phi) is 5.25. The summed E-state index contributed by atoms with van der Waals surface area (Å²) in [4.78, 5) is 16.0. The smallest absolute Gasteiger partial charge is 0.245 e. The lowest BCUT2D eigenvalue weighted by molar-refractivity contribution is -0.118. The number of methoxy groups -OCH3 is 1. The van der Waals surface area contributed by atoms with Crippen molar-refractivity contribution in [2.75, 3.05) is 19.0 Å². The van der Waals surface area contributed by atoms with Crippen LogP contribution in [0, 0.1) is 5.41 Å². The maximum absolute atomic E-state index is 11.6. The average molecular weight is 271 g/mol. The molecule has 0 saturated heterocycles. The third kappa shape index (κ3) is 5.12. The zero-order valence-corrected chi connectivity index (χ0v) is 12.1. The van der Waals surface area contributed by atoms with Crippen LogP contribution in [-0.4, -0.2) is 30.6 Å². The number of nitrogens with two attached hydrogens (primary N) is 1. The molecule has 5 nitrogen and oxygen atoms in total. The van der Waals surface area contributed by atoms with Gasteiger partial charge in [-0.3, -0.25) is 4.79 Å². The quantitative estimate of drug-likeness (QED) is 0.853. The van der Waals surface area contributed by atoms with E-state index in [1.807, 2.05) is 5.38 Å². The van der Waals surface area contributed by atoms with Crippen molar-refractivity contribution < 1.29 is 9.53 Å². The average Bonchev–Trinajstić information content (AvgIpc) is 2.63. The van der Waals surface area contributed by atoms with Crippen LogP contribution in [-0.2, 0) is 16.0 Å². The summed E-state index contributed by atoms with van der Waals surface area (Å²) in [5, 5.41) is 5.25. The molecule has 0 radical (unpaired) electrons. The highest BCUT2D eigenvalue weighted by molar-refractivity contribution is 7.13. The van der Waals surface area contributed by atoms with E-state index in [2.05, 4.69) is 31.1 Å². The molecule has 18 heavy (non-hydrogen) atoms. The highest BCUT2D eigenvalue weighted by Gasteiger charge is 2.17. The summed E-state index contributed by atoms with van der Waals surface area (Å²) in [6.07, 6.45) is 0.878. The molecule has 0 spiro atoms. The molecule has 0 bridgehead atoms. The summed E-state index contributed by atoms with van der Waals surface area (Å²) in [5.74, 6) is -0.270. The Morgan fingerprint density at radius 1 is 1.61 bits per heavy atom. The number of carbonyl (C=O) groups is 1. The molecule has 1 aromatic heterocycles. The van der Waals surface area contributed by atoms with Crippen molar-refractivity contribution in [3.05, 3.63) is 11.1 Å². The molecule has 0 aromatic carbocycles. The van der Waals surface area contributed by atoms with E-state index >= 15 is 0 Å². The molecular formula is C12H21N3O2S. The monoisotopic (exact) mass is 271 g/mol. The van der Waals surface area contributed by atoms with Crippen molar-refractivity contribution in [1.29, 1.82) is 0 Å². The van der Waals surface area contributed by atoms with Gasteiger partial charge in [0.25, 0.3) is 0 Å². The number of thiazole rings is 1. The molecule has 1 atom stereocenters. The van der Waals surface area contributed by atoms with Crippen LogP contribution in [0.2, 0.25) is 0 Å². The maximum atomic E-state index is 11.6. The molecule has 1 rings (SSSR count). The number of carbonyl (C=O) groups excluding carboxylic acids is 1. The van der Waals surface area contributed by atoms with Gasteiger partial charge >= 0.3 is 0 Å². The lowest BCUT2D eigenvalue weighted by Crippen LogP contribution is -2.39. The summed E-state index contributed by atoms with van der Waals surface area (Å²) in [6, 6.07) is -0.662. The largest absolute Gasteiger partial charge is 0.383 e. The fourth-order valence-corrected chi connectivity index (χ4v) is 2.16. The van der Waals surface area contributed by atoms with Crippen molar-refractivity contribution in [2.45, 2.75) is 33.2 Å². The number of hydrogen-bond acceptors (Lipinski definition) is 5. The van der Waals surface area contributed by atoms with Gasteiger partial charge in [-0.25, -0.2) is 4.98 Å². The van der Waals surface area contributed by atoms with E-state index in [4.69, 9.17) is 10.5 Å². The minimum Gasteiger partial charge on any atom is -0.383 e. The minimum atomic E-state index is -0.662. The zero-order chi connectivity index (χ0) is 13.8. The first-order valence-corrected chi connectivity index (χ1v) is 6.69. The Bertz CT molecular complexity index is 398. The Hall–Kier alpha value is -0.980. The zero-order valence-electron chi connectivity index (χ0n) is 11.3. The maximum Gasteiger partial charge on any atom is 0.245 e. The van der Waals surface area contributed by atoms with Crippen LogP contribution in [0.1, 0.15) is 26.5 Å². The first kappa shape index (κ1) is 15.1. The van der Waals surface area contributed by atoms with Gasteiger partial charge in [0.1, 0.15) is 6.04 Å². The molecule has 1 aromatic rings. The van der Waals surface area contributed by atoms with Crippen molar-refractivity contribution in [3.63, 3.8) is 0 Å². The number of amides is 1. The molecule has 6 heteroatoms.